The van der Waals surface area contributed by atoms with Crippen LogP contribution in [-0.2, 0) is 6.54 Å². The third kappa shape index (κ3) is 4.21. The van der Waals surface area contributed by atoms with Gasteiger partial charge in [0, 0.05) is 38.4 Å². The summed E-state index contributed by atoms with van der Waals surface area (Å²) in [6.07, 6.45) is 0. The maximum absolute atomic E-state index is 5.85. The van der Waals surface area contributed by atoms with E-state index < -0.39 is 0 Å². The van der Waals surface area contributed by atoms with Crippen LogP contribution >= 0.6 is 0 Å². The van der Waals surface area contributed by atoms with Gasteiger partial charge >= 0.3 is 0 Å². The van der Waals surface area contributed by atoms with Crippen molar-refractivity contribution < 1.29 is 0 Å². The molecule has 1 aliphatic heterocycles. The van der Waals surface area contributed by atoms with Crippen LogP contribution in [0.25, 0.3) is 0 Å². The topological polar surface area (TPSA) is 57.4 Å². The summed E-state index contributed by atoms with van der Waals surface area (Å²) in [5.74, 6) is 1.35. The van der Waals surface area contributed by atoms with Crippen molar-refractivity contribution >= 4 is 17.3 Å². The number of nitrogens with zero attached hydrogens (tertiary/aromatic N) is 3. The molecule has 122 valence electrons. The van der Waals surface area contributed by atoms with Crippen molar-refractivity contribution in [2.45, 2.75) is 13.5 Å². The number of rotatable bonds is 4. The molecule has 0 radical (unpaired) electrons. The summed E-state index contributed by atoms with van der Waals surface area (Å²) >= 11 is 0. The maximum Gasteiger partial charge on any atom is 0.132 e. The summed E-state index contributed by atoms with van der Waals surface area (Å²) in [7, 11) is 2.18. The van der Waals surface area contributed by atoms with E-state index in [-0.39, 0.29) is 0 Å². The second-order valence-electron chi connectivity index (χ2n) is 6.30. The van der Waals surface area contributed by atoms with Gasteiger partial charge in [0.15, 0.2) is 0 Å². The van der Waals surface area contributed by atoms with Crippen molar-refractivity contribution in [1.82, 2.24) is 14.8 Å². The number of likely N-dealkylation sites (N-methyl/N-ethyl adjacent to an activating group) is 1. The van der Waals surface area contributed by atoms with Gasteiger partial charge in [-0.1, -0.05) is 18.2 Å². The lowest BCUT2D eigenvalue weighted by molar-refractivity contribution is 0.148. The molecule has 2 heterocycles. The minimum absolute atomic E-state index is 0.571. The Labute approximate surface area is 138 Å². The molecule has 0 saturated carbocycles. The van der Waals surface area contributed by atoms with Crippen LogP contribution in [0.2, 0.25) is 0 Å². The van der Waals surface area contributed by atoms with E-state index in [1.165, 1.54) is 5.56 Å². The molecule has 0 aliphatic carbocycles. The standard InChI is InChI=1S/C18H25N5/c1-14-3-8-17(21-18(14)19)20-16-6-4-15(5-7-16)13-23-11-9-22(2)10-12-23/h3-8H,9-13H2,1-2H3,(H3,19,20,21). The minimum Gasteiger partial charge on any atom is -0.383 e. The molecule has 1 saturated heterocycles. The Bertz CT molecular complexity index is 645. The number of pyridine rings is 1. The zero-order valence-corrected chi connectivity index (χ0v) is 13.9. The first-order chi connectivity index (χ1) is 11.1. The van der Waals surface area contributed by atoms with Gasteiger partial charge in [-0.25, -0.2) is 4.98 Å². The van der Waals surface area contributed by atoms with Crippen molar-refractivity contribution in [3.8, 4) is 0 Å². The van der Waals surface area contributed by atoms with Gasteiger partial charge in [-0.05, 0) is 43.3 Å². The number of nitrogen functional groups attached to an aromatic ring is 1. The fourth-order valence-electron chi connectivity index (χ4n) is 2.72. The second kappa shape index (κ2) is 6.98. The minimum atomic E-state index is 0.571. The molecule has 0 unspecified atom stereocenters. The van der Waals surface area contributed by atoms with Gasteiger partial charge in [0.1, 0.15) is 11.6 Å². The highest BCUT2D eigenvalue weighted by Gasteiger charge is 2.13. The number of hydrogen-bond acceptors (Lipinski definition) is 5. The van der Waals surface area contributed by atoms with Crippen LogP contribution in [-0.4, -0.2) is 48.0 Å². The average molecular weight is 311 g/mol. The fraction of sp³-hybridized carbons (Fsp3) is 0.389. The predicted molar refractivity (Wildman–Crippen MR) is 95.9 cm³/mol. The number of benzene rings is 1. The predicted octanol–water partition coefficient (Wildman–Crippen LogP) is 2.46. The number of aryl methyl sites for hydroxylation is 1. The summed E-state index contributed by atoms with van der Waals surface area (Å²) in [4.78, 5) is 9.23. The molecule has 1 aliphatic rings. The van der Waals surface area contributed by atoms with Crippen LogP contribution in [0.4, 0.5) is 17.3 Å². The smallest absolute Gasteiger partial charge is 0.132 e. The molecule has 1 fully saturated rings. The molecule has 1 aromatic heterocycles. The van der Waals surface area contributed by atoms with Gasteiger partial charge in [0.05, 0.1) is 0 Å². The molecule has 0 atom stereocenters. The third-order valence-electron chi connectivity index (χ3n) is 4.36. The number of nitrogens with one attached hydrogen (secondary N) is 1. The average Bonchev–Trinajstić information content (AvgIpc) is 2.55. The summed E-state index contributed by atoms with van der Waals surface area (Å²) < 4.78 is 0. The van der Waals surface area contributed by atoms with E-state index in [2.05, 4.69) is 51.4 Å². The number of hydrogen-bond donors (Lipinski definition) is 2. The van der Waals surface area contributed by atoms with E-state index >= 15 is 0 Å². The number of nitrogens with two attached hydrogens (primary N) is 1. The van der Waals surface area contributed by atoms with E-state index in [4.69, 9.17) is 5.73 Å². The molecule has 23 heavy (non-hydrogen) atoms. The van der Waals surface area contributed by atoms with Crippen LogP contribution in [0.1, 0.15) is 11.1 Å². The first kappa shape index (κ1) is 15.8. The molecule has 3 rings (SSSR count). The van der Waals surface area contributed by atoms with Gasteiger partial charge in [-0.15, -0.1) is 0 Å². The van der Waals surface area contributed by atoms with Crippen LogP contribution in [0, 0.1) is 6.92 Å². The van der Waals surface area contributed by atoms with Crippen molar-refractivity contribution in [1.29, 1.82) is 0 Å². The Morgan fingerprint density at radius 3 is 2.39 bits per heavy atom. The molecular formula is C18H25N5. The van der Waals surface area contributed by atoms with Crippen molar-refractivity contribution in [2.75, 3.05) is 44.3 Å². The van der Waals surface area contributed by atoms with Gasteiger partial charge in [0.2, 0.25) is 0 Å². The van der Waals surface area contributed by atoms with Crippen LogP contribution in [0.3, 0.4) is 0 Å². The Balaban J connectivity index is 1.59. The van der Waals surface area contributed by atoms with Crippen LogP contribution < -0.4 is 11.1 Å². The molecule has 0 amide bonds. The quantitative estimate of drug-likeness (QED) is 0.908. The number of aromatic nitrogens is 1. The zero-order valence-electron chi connectivity index (χ0n) is 13.9. The van der Waals surface area contributed by atoms with Crippen molar-refractivity contribution in [2.24, 2.45) is 0 Å². The lowest BCUT2D eigenvalue weighted by Gasteiger charge is -2.32. The van der Waals surface area contributed by atoms with E-state index in [0.717, 1.165) is 49.8 Å². The molecule has 3 N–H and O–H groups in total. The second-order valence-corrected chi connectivity index (χ2v) is 6.30. The monoisotopic (exact) mass is 311 g/mol. The highest BCUT2D eigenvalue weighted by Crippen LogP contribution is 2.19. The Morgan fingerprint density at radius 1 is 1.04 bits per heavy atom. The summed E-state index contributed by atoms with van der Waals surface area (Å²) in [6.45, 7) is 7.57. The first-order valence-electron chi connectivity index (χ1n) is 8.10. The Kier molecular flexibility index (Phi) is 4.79. The normalized spacial score (nSPS) is 16.4. The molecule has 2 aromatic rings. The van der Waals surface area contributed by atoms with Gasteiger partial charge < -0.3 is 16.0 Å². The zero-order chi connectivity index (χ0) is 16.2. The van der Waals surface area contributed by atoms with Crippen molar-refractivity contribution in [3.05, 3.63) is 47.5 Å². The molecule has 1 aromatic carbocycles. The molecule has 5 nitrogen and oxygen atoms in total. The molecule has 0 spiro atoms. The first-order valence-corrected chi connectivity index (χ1v) is 8.10. The summed E-state index contributed by atoms with van der Waals surface area (Å²) in [6, 6.07) is 12.5. The Morgan fingerprint density at radius 2 is 1.74 bits per heavy atom. The van der Waals surface area contributed by atoms with E-state index in [0.29, 0.717) is 5.82 Å². The lowest BCUT2D eigenvalue weighted by Crippen LogP contribution is -2.43. The van der Waals surface area contributed by atoms with Crippen LogP contribution in [0.5, 0.6) is 0 Å². The fourth-order valence-corrected chi connectivity index (χ4v) is 2.72. The number of anilines is 3. The SMILES string of the molecule is Cc1ccc(Nc2ccc(CN3CCN(C)CC3)cc2)nc1N. The molecule has 5 heteroatoms. The van der Waals surface area contributed by atoms with Gasteiger partial charge in [0.25, 0.3) is 0 Å². The van der Waals surface area contributed by atoms with E-state index in [1.54, 1.807) is 0 Å². The van der Waals surface area contributed by atoms with Gasteiger partial charge in [-0.2, -0.15) is 0 Å². The van der Waals surface area contributed by atoms with Crippen molar-refractivity contribution in [3.63, 3.8) is 0 Å². The molecule has 0 bridgehead atoms. The van der Waals surface area contributed by atoms with Crippen LogP contribution in [0.15, 0.2) is 36.4 Å². The Hall–Kier alpha value is -2.11. The van der Waals surface area contributed by atoms with Gasteiger partial charge in [-0.3, -0.25) is 4.90 Å². The summed E-state index contributed by atoms with van der Waals surface area (Å²) in [5.41, 5.74) is 9.22. The van der Waals surface area contributed by atoms with E-state index in [9.17, 15) is 0 Å². The maximum atomic E-state index is 5.85. The number of piperazine rings is 1. The van der Waals surface area contributed by atoms with E-state index in [1.807, 2.05) is 19.1 Å². The third-order valence-corrected chi connectivity index (χ3v) is 4.36. The highest BCUT2D eigenvalue weighted by atomic mass is 15.2. The molecular weight excluding hydrogens is 286 g/mol. The lowest BCUT2D eigenvalue weighted by atomic mass is 10.1. The summed E-state index contributed by atoms with van der Waals surface area (Å²) in [5, 5.41) is 3.30. The largest absolute Gasteiger partial charge is 0.383 e. The highest BCUT2D eigenvalue weighted by molar-refractivity contribution is 5.59.